The summed E-state index contributed by atoms with van der Waals surface area (Å²) < 4.78 is 7.31. The van der Waals surface area contributed by atoms with Crippen molar-refractivity contribution in [2.24, 2.45) is 11.7 Å². The lowest BCUT2D eigenvalue weighted by Crippen LogP contribution is -2.41. The van der Waals surface area contributed by atoms with Crippen molar-refractivity contribution in [1.82, 2.24) is 14.9 Å². The number of nitrogens with two attached hydrogens (primary N) is 1. The zero-order valence-corrected chi connectivity index (χ0v) is 11.9. The summed E-state index contributed by atoms with van der Waals surface area (Å²) >= 11 is 0. The van der Waals surface area contributed by atoms with Gasteiger partial charge in [-0.25, -0.2) is 4.98 Å². The number of rotatable bonds is 5. The molecule has 21 heavy (non-hydrogen) atoms. The molecule has 2 heterocycles. The number of fused-ring (bicyclic) bond motifs is 1. The Kier molecular flexibility index (Phi) is 4.17. The van der Waals surface area contributed by atoms with E-state index >= 15 is 0 Å². The van der Waals surface area contributed by atoms with E-state index in [0.717, 1.165) is 24.0 Å². The average molecular weight is 288 g/mol. The molecular formula is C15H20N4O2. The zero-order chi connectivity index (χ0) is 14.7. The fourth-order valence-corrected chi connectivity index (χ4v) is 2.62. The van der Waals surface area contributed by atoms with E-state index in [2.05, 4.69) is 20.9 Å². The molecule has 1 aliphatic rings. The summed E-state index contributed by atoms with van der Waals surface area (Å²) in [5.41, 5.74) is 7.94. The van der Waals surface area contributed by atoms with Crippen LogP contribution in [-0.4, -0.2) is 41.3 Å². The maximum absolute atomic E-state index is 11.9. The molecule has 3 rings (SSSR count). The highest BCUT2D eigenvalue weighted by Crippen LogP contribution is 2.13. The SMILES string of the molecule is NC1COCC1C(=O)NCCCn1cnc2ccccc21. The van der Waals surface area contributed by atoms with Gasteiger partial charge in [0.2, 0.25) is 5.91 Å². The van der Waals surface area contributed by atoms with Crippen molar-refractivity contribution < 1.29 is 9.53 Å². The van der Waals surface area contributed by atoms with Gasteiger partial charge in [-0.05, 0) is 18.6 Å². The summed E-state index contributed by atoms with van der Waals surface area (Å²) in [6.45, 7) is 2.36. The number of hydrogen-bond donors (Lipinski definition) is 2. The van der Waals surface area contributed by atoms with E-state index in [1.54, 1.807) is 0 Å². The Hall–Kier alpha value is -1.92. The summed E-state index contributed by atoms with van der Waals surface area (Å²) in [5.74, 6) is -0.213. The first-order valence-corrected chi connectivity index (χ1v) is 7.26. The minimum Gasteiger partial charge on any atom is -0.379 e. The molecule has 2 atom stereocenters. The van der Waals surface area contributed by atoms with E-state index in [9.17, 15) is 4.79 Å². The Morgan fingerprint density at radius 3 is 3.10 bits per heavy atom. The number of ether oxygens (including phenoxy) is 1. The van der Waals surface area contributed by atoms with Gasteiger partial charge in [0.15, 0.2) is 0 Å². The normalized spacial score (nSPS) is 21.8. The van der Waals surface area contributed by atoms with E-state index in [1.807, 2.05) is 24.5 Å². The van der Waals surface area contributed by atoms with Gasteiger partial charge in [0, 0.05) is 19.1 Å². The number of aryl methyl sites for hydroxylation is 1. The van der Waals surface area contributed by atoms with Crippen LogP contribution in [0.3, 0.4) is 0 Å². The topological polar surface area (TPSA) is 82.2 Å². The van der Waals surface area contributed by atoms with Crippen molar-refractivity contribution in [3.05, 3.63) is 30.6 Å². The molecule has 112 valence electrons. The first-order valence-electron chi connectivity index (χ1n) is 7.26. The summed E-state index contributed by atoms with van der Waals surface area (Å²) in [5, 5.41) is 2.93. The van der Waals surface area contributed by atoms with Crippen LogP contribution < -0.4 is 11.1 Å². The number of imidazole rings is 1. The largest absolute Gasteiger partial charge is 0.379 e. The Morgan fingerprint density at radius 2 is 2.29 bits per heavy atom. The van der Waals surface area contributed by atoms with Crippen LogP contribution in [0.2, 0.25) is 0 Å². The molecule has 0 spiro atoms. The van der Waals surface area contributed by atoms with E-state index < -0.39 is 0 Å². The lowest BCUT2D eigenvalue weighted by molar-refractivity contribution is -0.125. The summed E-state index contributed by atoms with van der Waals surface area (Å²) in [6.07, 6.45) is 2.70. The van der Waals surface area contributed by atoms with Crippen LogP contribution >= 0.6 is 0 Å². The predicted molar refractivity (Wildman–Crippen MR) is 79.6 cm³/mol. The van der Waals surface area contributed by atoms with Crippen LogP contribution in [0, 0.1) is 5.92 Å². The molecule has 0 aliphatic carbocycles. The molecule has 1 amide bonds. The van der Waals surface area contributed by atoms with E-state index in [-0.39, 0.29) is 17.9 Å². The molecule has 1 aliphatic heterocycles. The number of para-hydroxylation sites is 2. The van der Waals surface area contributed by atoms with E-state index in [0.29, 0.717) is 19.8 Å². The summed E-state index contributed by atoms with van der Waals surface area (Å²) in [6, 6.07) is 7.85. The van der Waals surface area contributed by atoms with Crippen LogP contribution in [0.25, 0.3) is 11.0 Å². The number of benzene rings is 1. The number of carbonyl (C=O) groups excluding carboxylic acids is 1. The third-order valence-electron chi connectivity index (χ3n) is 3.86. The van der Waals surface area contributed by atoms with Gasteiger partial charge in [0.05, 0.1) is 36.5 Å². The molecule has 3 N–H and O–H groups in total. The number of aromatic nitrogens is 2. The predicted octanol–water partition coefficient (Wildman–Crippen LogP) is 0.516. The molecule has 6 nitrogen and oxygen atoms in total. The van der Waals surface area contributed by atoms with E-state index in [1.165, 1.54) is 0 Å². The molecule has 0 bridgehead atoms. The molecule has 2 unspecified atom stereocenters. The fourth-order valence-electron chi connectivity index (χ4n) is 2.62. The second-order valence-electron chi connectivity index (χ2n) is 5.38. The molecule has 6 heteroatoms. The Balaban J connectivity index is 1.47. The lowest BCUT2D eigenvalue weighted by Gasteiger charge is -2.13. The number of nitrogens with zero attached hydrogens (tertiary/aromatic N) is 2. The Labute approximate surface area is 123 Å². The Morgan fingerprint density at radius 1 is 1.43 bits per heavy atom. The lowest BCUT2D eigenvalue weighted by atomic mass is 10.0. The van der Waals surface area contributed by atoms with E-state index in [4.69, 9.17) is 10.5 Å². The van der Waals surface area contributed by atoms with Gasteiger partial charge in [0.25, 0.3) is 0 Å². The first kappa shape index (κ1) is 14.0. The second kappa shape index (κ2) is 6.24. The van der Waals surface area contributed by atoms with Gasteiger partial charge in [-0.2, -0.15) is 0 Å². The quantitative estimate of drug-likeness (QED) is 0.786. The van der Waals surface area contributed by atoms with Gasteiger partial charge < -0.3 is 20.4 Å². The number of amides is 1. The second-order valence-corrected chi connectivity index (χ2v) is 5.38. The van der Waals surface area contributed by atoms with Gasteiger partial charge in [-0.3, -0.25) is 4.79 Å². The highest BCUT2D eigenvalue weighted by Gasteiger charge is 2.30. The van der Waals surface area contributed by atoms with Gasteiger partial charge in [-0.1, -0.05) is 12.1 Å². The minimum atomic E-state index is -0.209. The monoisotopic (exact) mass is 288 g/mol. The van der Waals surface area contributed by atoms with Crippen molar-refractivity contribution >= 4 is 16.9 Å². The molecule has 1 aromatic carbocycles. The third-order valence-corrected chi connectivity index (χ3v) is 3.86. The molecule has 0 saturated carbocycles. The van der Waals surface area contributed by atoms with Crippen molar-refractivity contribution in [2.75, 3.05) is 19.8 Å². The zero-order valence-electron chi connectivity index (χ0n) is 11.9. The smallest absolute Gasteiger partial charge is 0.227 e. The fraction of sp³-hybridized carbons (Fsp3) is 0.467. The molecular weight excluding hydrogens is 268 g/mol. The van der Waals surface area contributed by atoms with Crippen LogP contribution in [0.15, 0.2) is 30.6 Å². The van der Waals surface area contributed by atoms with Gasteiger partial charge >= 0.3 is 0 Å². The maximum Gasteiger partial charge on any atom is 0.227 e. The van der Waals surface area contributed by atoms with Crippen molar-refractivity contribution in [2.45, 2.75) is 19.0 Å². The van der Waals surface area contributed by atoms with Crippen molar-refractivity contribution in [1.29, 1.82) is 0 Å². The standard InChI is InChI=1S/C15H20N4O2/c16-12-9-21-8-11(12)15(20)17-6-3-7-19-10-18-13-4-1-2-5-14(13)19/h1-2,4-5,10-12H,3,6-9,16H2,(H,17,20). The van der Waals surface area contributed by atoms with Crippen LogP contribution in [0.4, 0.5) is 0 Å². The van der Waals surface area contributed by atoms with Crippen LogP contribution in [0.5, 0.6) is 0 Å². The third kappa shape index (κ3) is 3.06. The summed E-state index contributed by atoms with van der Waals surface area (Å²) in [4.78, 5) is 16.3. The molecule has 1 saturated heterocycles. The molecule has 0 radical (unpaired) electrons. The van der Waals surface area contributed by atoms with Crippen molar-refractivity contribution in [3.63, 3.8) is 0 Å². The molecule has 1 fully saturated rings. The minimum absolute atomic E-state index is 0.00418. The number of carbonyl (C=O) groups is 1. The average Bonchev–Trinajstić information content (AvgIpc) is 3.10. The van der Waals surface area contributed by atoms with Gasteiger partial charge in [0.1, 0.15) is 0 Å². The van der Waals surface area contributed by atoms with Gasteiger partial charge in [-0.15, -0.1) is 0 Å². The maximum atomic E-state index is 11.9. The van der Waals surface area contributed by atoms with Crippen molar-refractivity contribution in [3.8, 4) is 0 Å². The highest BCUT2D eigenvalue weighted by atomic mass is 16.5. The Bertz CT molecular complexity index is 625. The summed E-state index contributed by atoms with van der Waals surface area (Å²) in [7, 11) is 0. The number of nitrogens with one attached hydrogen (secondary N) is 1. The van der Waals surface area contributed by atoms with Crippen LogP contribution in [-0.2, 0) is 16.1 Å². The van der Waals surface area contributed by atoms with Crippen LogP contribution in [0.1, 0.15) is 6.42 Å². The number of hydrogen-bond acceptors (Lipinski definition) is 4. The first-order chi connectivity index (χ1) is 10.3. The molecule has 2 aromatic rings. The molecule has 1 aromatic heterocycles. The highest BCUT2D eigenvalue weighted by molar-refractivity contribution is 5.79.